The van der Waals surface area contributed by atoms with E-state index in [1.165, 1.54) is 45.3 Å². The number of esters is 1. The smallest absolute Gasteiger partial charge is 0.302 e. The van der Waals surface area contributed by atoms with Crippen LogP contribution in [0, 0.1) is 52.3 Å². The maximum Gasteiger partial charge on any atom is 0.302 e. The van der Waals surface area contributed by atoms with Crippen LogP contribution in [0.15, 0.2) is 0 Å². The minimum atomic E-state index is -3.56. The van der Waals surface area contributed by atoms with Gasteiger partial charge in [-0.3, -0.25) is 8.98 Å². The van der Waals surface area contributed by atoms with Crippen LogP contribution >= 0.6 is 0 Å². The molecule has 3 aliphatic rings. The lowest BCUT2D eigenvalue weighted by molar-refractivity contribution is -0.151. The van der Waals surface area contributed by atoms with Crippen LogP contribution < -0.4 is 0 Å². The van der Waals surface area contributed by atoms with Crippen LogP contribution in [0.25, 0.3) is 0 Å². The Morgan fingerprint density at radius 3 is 2.11 bits per heavy atom. The molecule has 1 unspecified atom stereocenters. The molecule has 8 heteroatoms. The SMILES string of the molecule is CC(=O)OC[C@H]1CC(O[Si](C)(C)C(C)(C)C)CC[C@]1(C)[C@H]1CC[C@]2(C)[C@@H]([C@H](C)CCCC(C)C)CC[C@H]2[C@@H]1COS(C)(=O)=O. The van der Waals surface area contributed by atoms with Crippen LogP contribution in [-0.2, 0) is 28.3 Å². The van der Waals surface area contributed by atoms with E-state index in [9.17, 15) is 13.2 Å². The van der Waals surface area contributed by atoms with E-state index < -0.39 is 18.4 Å². The molecule has 3 aliphatic carbocycles. The summed E-state index contributed by atoms with van der Waals surface area (Å²) in [5.41, 5.74) is 0.111. The highest BCUT2D eigenvalue weighted by atomic mass is 32.2. The van der Waals surface area contributed by atoms with Gasteiger partial charge in [-0.2, -0.15) is 8.42 Å². The summed E-state index contributed by atoms with van der Waals surface area (Å²) in [7, 11) is -5.52. The lowest BCUT2D eigenvalue weighted by Gasteiger charge is -2.58. The van der Waals surface area contributed by atoms with Crippen LogP contribution in [0.4, 0.5) is 0 Å². The third-order valence-corrected chi connectivity index (χ3v) is 18.3. The quantitative estimate of drug-likeness (QED) is 0.112. The molecule has 0 radical (unpaired) electrons. The molecule has 0 heterocycles. The van der Waals surface area contributed by atoms with Crippen molar-refractivity contribution in [2.75, 3.05) is 19.5 Å². The predicted octanol–water partition coefficient (Wildman–Crippen LogP) is 9.24. The van der Waals surface area contributed by atoms with Gasteiger partial charge in [-0.25, -0.2) is 0 Å². The van der Waals surface area contributed by atoms with Crippen LogP contribution in [-0.4, -0.2) is 48.3 Å². The Kier molecular flexibility index (Phi) is 12.4. The average Bonchev–Trinajstić information content (AvgIpc) is 3.23. The number of hydrogen-bond acceptors (Lipinski definition) is 6. The van der Waals surface area contributed by atoms with E-state index in [0.29, 0.717) is 30.3 Å². The Bertz CT molecular complexity index is 1070. The third-order valence-electron chi connectivity index (χ3n) is 13.2. The summed E-state index contributed by atoms with van der Waals surface area (Å²) in [6.45, 7) is 25.7. The fourth-order valence-corrected chi connectivity index (χ4v) is 11.4. The molecule has 0 N–H and O–H groups in total. The zero-order valence-corrected chi connectivity index (χ0v) is 32.3. The molecule has 3 fully saturated rings. The average molecular weight is 657 g/mol. The molecule has 0 aromatic heterocycles. The predicted molar refractivity (Wildman–Crippen MR) is 183 cm³/mol. The van der Waals surface area contributed by atoms with E-state index in [1.807, 2.05) is 0 Å². The number of rotatable bonds is 13. The first-order valence-electron chi connectivity index (χ1n) is 17.8. The first-order chi connectivity index (χ1) is 20.1. The number of fused-ring (bicyclic) bond motifs is 1. The molecule has 0 amide bonds. The second kappa shape index (κ2) is 14.4. The van der Waals surface area contributed by atoms with Gasteiger partial charge in [-0.05, 0) is 109 Å². The molecule has 0 spiro atoms. The highest BCUT2D eigenvalue weighted by molar-refractivity contribution is 7.85. The van der Waals surface area contributed by atoms with Crippen molar-refractivity contribution in [1.82, 2.24) is 0 Å². The highest BCUT2D eigenvalue weighted by Gasteiger charge is 2.59. The van der Waals surface area contributed by atoms with Gasteiger partial charge in [-0.1, -0.05) is 74.7 Å². The van der Waals surface area contributed by atoms with E-state index in [-0.39, 0.29) is 46.4 Å². The van der Waals surface area contributed by atoms with Crippen molar-refractivity contribution in [2.45, 2.75) is 151 Å². The van der Waals surface area contributed by atoms with Gasteiger partial charge < -0.3 is 9.16 Å². The largest absolute Gasteiger partial charge is 0.466 e. The van der Waals surface area contributed by atoms with Crippen LogP contribution in [0.3, 0.4) is 0 Å². The zero-order chi connectivity index (χ0) is 33.3. The standard InChI is InChI=1S/C36H68O6SSi/c1-25(2)14-13-15-26(3)31-16-17-32-30(24-41-43(10,38)39)33(19-21-36(31,32)9)35(8)20-18-29(22-28(35)23-40-27(4)37)42-44(11,12)34(5,6)7/h25-26,28-33H,13-24H2,1-12H3/t26-,28-,29?,30+,31-,32+,33+,35+,36-/m1/s1. The van der Waals surface area contributed by atoms with Crippen molar-refractivity contribution >= 4 is 24.4 Å². The van der Waals surface area contributed by atoms with Crippen LogP contribution in [0.5, 0.6) is 0 Å². The minimum absolute atomic E-state index is 0.0867. The summed E-state index contributed by atoms with van der Waals surface area (Å²) in [5, 5.41) is 0.131. The molecule has 3 saturated carbocycles. The van der Waals surface area contributed by atoms with E-state index in [0.717, 1.165) is 38.0 Å². The fraction of sp³-hybridized carbons (Fsp3) is 0.972. The Labute approximate surface area is 272 Å². The monoisotopic (exact) mass is 656 g/mol. The first-order valence-corrected chi connectivity index (χ1v) is 22.5. The van der Waals surface area contributed by atoms with E-state index >= 15 is 0 Å². The molecular weight excluding hydrogens is 589 g/mol. The lowest BCUT2D eigenvalue weighted by Crippen LogP contribution is -2.54. The Morgan fingerprint density at radius 1 is 0.932 bits per heavy atom. The maximum absolute atomic E-state index is 12.4. The number of hydrogen-bond donors (Lipinski definition) is 0. The van der Waals surface area contributed by atoms with Crippen molar-refractivity contribution in [3.8, 4) is 0 Å². The molecule has 0 aromatic carbocycles. The van der Waals surface area contributed by atoms with Gasteiger partial charge in [0, 0.05) is 18.9 Å². The molecule has 3 rings (SSSR count). The second-order valence-electron chi connectivity index (χ2n) is 17.7. The summed E-state index contributed by atoms with van der Waals surface area (Å²) in [5.74, 6) is 2.92. The second-order valence-corrected chi connectivity index (χ2v) is 24.1. The van der Waals surface area contributed by atoms with Gasteiger partial charge in [0.2, 0.25) is 0 Å². The van der Waals surface area contributed by atoms with E-state index in [1.54, 1.807) is 0 Å². The first kappa shape index (κ1) is 38.0. The molecular formula is C36H68O6SSi. The molecule has 44 heavy (non-hydrogen) atoms. The minimum Gasteiger partial charge on any atom is -0.466 e. The van der Waals surface area contributed by atoms with Gasteiger partial charge >= 0.3 is 5.97 Å². The molecule has 0 aromatic rings. The summed E-state index contributed by atoms with van der Waals surface area (Å²) in [6, 6.07) is 0. The number of carbonyl (C=O) groups is 1. The summed E-state index contributed by atoms with van der Waals surface area (Å²) < 4.78 is 43.1. The Balaban J connectivity index is 1.91. The molecule has 258 valence electrons. The molecule has 0 bridgehead atoms. The van der Waals surface area contributed by atoms with Crippen molar-refractivity contribution in [1.29, 1.82) is 0 Å². The lowest BCUT2D eigenvalue weighted by atomic mass is 9.48. The molecule has 0 saturated heterocycles. The number of ether oxygens (including phenoxy) is 1. The number of carbonyl (C=O) groups excluding carboxylic acids is 1. The van der Waals surface area contributed by atoms with Crippen LogP contribution in [0.1, 0.15) is 127 Å². The molecule has 6 nitrogen and oxygen atoms in total. The van der Waals surface area contributed by atoms with E-state index in [2.05, 4.69) is 68.5 Å². The Hall–Kier alpha value is -0.443. The van der Waals surface area contributed by atoms with E-state index in [4.69, 9.17) is 13.3 Å². The van der Waals surface area contributed by atoms with Crippen molar-refractivity contribution < 1.29 is 26.6 Å². The van der Waals surface area contributed by atoms with Gasteiger partial charge in [0.25, 0.3) is 10.1 Å². The summed E-state index contributed by atoms with van der Waals surface area (Å²) in [4.78, 5) is 12.1. The van der Waals surface area contributed by atoms with Gasteiger partial charge in [0.05, 0.1) is 19.5 Å². The third kappa shape index (κ3) is 8.92. The van der Waals surface area contributed by atoms with Crippen molar-refractivity contribution in [3.63, 3.8) is 0 Å². The van der Waals surface area contributed by atoms with Crippen molar-refractivity contribution in [3.05, 3.63) is 0 Å². The van der Waals surface area contributed by atoms with Gasteiger partial charge in [-0.15, -0.1) is 0 Å². The molecule has 0 aliphatic heterocycles. The topological polar surface area (TPSA) is 78.9 Å². The summed E-state index contributed by atoms with van der Waals surface area (Å²) in [6.07, 6.45) is 12.7. The van der Waals surface area contributed by atoms with Crippen LogP contribution in [0.2, 0.25) is 18.1 Å². The molecule has 9 atom stereocenters. The maximum atomic E-state index is 12.4. The van der Waals surface area contributed by atoms with Gasteiger partial charge in [0.1, 0.15) is 0 Å². The Morgan fingerprint density at radius 2 is 1.55 bits per heavy atom. The van der Waals surface area contributed by atoms with Crippen molar-refractivity contribution in [2.24, 2.45) is 52.3 Å². The zero-order valence-electron chi connectivity index (χ0n) is 30.5. The summed E-state index contributed by atoms with van der Waals surface area (Å²) >= 11 is 0. The highest BCUT2D eigenvalue weighted by Crippen LogP contribution is 2.65. The van der Waals surface area contributed by atoms with Gasteiger partial charge in [0.15, 0.2) is 8.32 Å². The fourth-order valence-electron chi connectivity index (χ4n) is 9.61. The normalized spacial score (nSPS) is 35.8.